The van der Waals surface area contributed by atoms with Crippen LogP contribution in [0.2, 0.25) is 0 Å². The van der Waals surface area contributed by atoms with E-state index in [-0.39, 0.29) is 31.1 Å². The van der Waals surface area contributed by atoms with Gasteiger partial charge < -0.3 is 9.47 Å². The number of hydrogen-bond acceptors (Lipinski definition) is 6. The smallest absolute Gasteiger partial charge is 0.432 e. The van der Waals surface area contributed by atoms with Crippen LogP contribution in [0.25, 0.3) is 0 Å². The molecule has 0 bridgehead atoms. The molecule has 0 aromatic rings. The average Bonchev–Trinajstić information content (AvgIpc) is 2.61. The Morgan fingerprint density at radius 3 is 1.75 bits per heavy atom. The van der Waals surface area contributed by atoms with Gasteiger partial charge in [-0.15, -0.1) is 0 Å². The molecular weight excluding hydrogens is 515 g/mol. The van der Waals surface area contributed by atoms with E-state index in [4.69, 9.17) is 9.29 Å². The van der Waals surface area contributed by atoms with Gasteiger partial charge >= 0.3 is 33.5 Å². The molecule has 0 amide bonds. The molecule has 0 aromatic heterocycles. The summed E-state index contributed by atoms with van der Waals surface area (Å²) >= 11 is 0. The molecule has 2 atom stereocenters. The summed E-state index contributed by atoms with van der Waals surface area (Å²) in [6.45, 7) is 15.1. The summed E-state index contributed by atoms with van der Waals surface area (Å²) in [5.74, 6) is -3.40. The number of esters is 2. The lowest BCUT2D eigenvalue weighted by atomic mass is 9.61. The third-order valence-electron chi connectivity index (χ3n) is 6.89. The van der Waals surface area contributed by atoms with Gasteiger partial charge in [-0.1, -0.05) is 41.5 Å². The van der Waals surface area contributed by atoms with Gasteiger partial charge in [-0.25, -0.2) is 0 Å². The lowest BCUT2D eigenvalue weighted by Gasteiger charge is -2.46. The molecule has 36 heavy (non-hydrogen) atoms. The van der Waals surface area contributed by atoms with Crippen LogP contribution in [-0.4, -0.2) is 48.0 Å². The van der Waals surface area contributed by atoms with Crippen LogP contribution in [-0.2, 0) is 29.2 Å². The lowest BCUT2D eigenvalue weighted by Crippen LogP contribution is -2.53. The summed E-state index contributed by atoms with van der Waals surface area (Å²) in [5, 5.41) is -5.79. The topological polar surface area (TPSA) is 107 Å². The van der Waals surface area contributed by atoms with Crippen molar-refractivity contribution in [3.8, 4) is 0 Å². The Balaban J connectivity index is 3.00. The van der Waals surface area contributed by atoms with Crippen molar-refractivity contribution in [2.45, 2.75) is 111 Å². The van der Waals surface area contributed by atoms with Gasteiger partial charge in [0.25, 0.3) is 6.10 Å². The second kappa shape index (κ2) is 9.99. The highest BCUT2D eigenvalue weighted by Crippen LogP contribution is 2.49. The number of hydrogen-bond donors (Lipinski definition) is 1. The maximum Gasteiger partial charge on any atom is 0.432 e. The van der Waals surface area contributed by atoms with Gasteiger partial charge in [0.1, 0.15) is 5.60 Å². The SMILES string of the molecule is CC(C)(C)CC(C)(C(=O)OC1(C)CCC(C(=O)OC(C(F)(F)F)C(F)(F)S(=O)(=O)O)CC1)C(C)(C)C. The first-order valence-corrected chi connectivity index (χ1v) is 13.0. The first-order chi connectivity index (χ1) is 15.7. The Bertz CT molecular complexity index is 924. The van der Waals surface area contributed by atoms with E-state index in [1.165, 1.54) is 0 Å². The molecule has 0 heterocycles. The Morgan fingerprint density at radius 1 is 0.972 bits per heavy atom. The number of carbonyl (C=O) groups is 2. The Labute approximate surface area is 209 Å². The van der Waals surface area contributed by atoms with E-state index in [0.29, 0.717) is 6.42 Å². The molecule has 0 saturated heterocycles. The maximum atomic E-state index is 13.7. The van der Waals surface area contributed by atoms with Crippen molar-refractivity contribution in [2.75, 3.05) is 0 Å². The van der Waals surface area contributed by atoms with Crippen molar-refractivity contribution >= 4 is 22.1 Å². The lowest BCUT2D eigenvalue weighted by molar-refractivity contribution is -0.261. The van der Waals surface area contributed by atoms with Crippen LogP contribution in [0.5, 0.6) is 0 Å². The summed E-state index contributed by atoms with van der Waals surface area (Å²) in [6, 6.07) is 0. The zero-order chi connectivity index (χ0) is 28.8. The summed E-state index contributed by atoms with van der Waals surface area (Å²) in [7, 11) is -6.52. The third kappa shape index (κ3) is 7.52. The molecule has 0 radical (unpaired) electrons. The van der Waals surface area contributed by atoms with Crippen LogP contribution in [0, 0.1) is 22.2 Å². The zero-order valence-electron chi connectivity index (χ0n) is 21.9. The van der Waals surface area contributed by atoms with Crippen molar-refractivity contribution in [1.82, 2.24) is 0 Å². The molecular formula is C23H37F5O7S. The van der Waals surface area contributed by atoms with Crippen LogP contribution < -0.4 is 0 Å². The van der Waals surface area contributed by atoms with Crippen LogP contribution in [0.1, 0.15) is 87.5 Å². The van der Waals surface area contributed by atoms with Gasteiger partial charge in [0.15, 0.2) is 0 Å². The molecule has 1 N–H and O–H groups in total. The molecule has 7 nitrogen and oxygen atoms in total. The molecule has 2 unspecified atom stereocenters. The minimum atomic E-state index is -6.52. The van der Waals surface area contributed by atoms with Crippen LogP contribution in [0.4, 0.5) is 22.0 Å². The standard InChI is InChI=1S/C23H37F5O7S/c1-18(2,3)13-21(8,19(4,5)6)17(30)35-20(7)11-9-14(10-12-20)15(29)34-16(22(24,25)26)23(27,28)36(31,32)33/h14,16H,9-13H2,1-8H3,(H,31,32,33). The van der Waals surface area contributed by atoms with E-state index < -0.39 is 61.9 Å². The van der Waals surface area contributed by atoms with Crippen LogP contribution >= 0.6 is 0 Å². The number of rotatable bonds is 7. The normalized spacial score (nSPS) is 25.0. The van der Waals surface area contributed by atoms with E-state index >= 15 is 0 Å². The molecule has 1 saturated carbocycles. The Hall–Kier alpha value is -1.50. The fraction of sp³-hybridized carbons (Fsp3) is 0.913. The van der Waals surface area contributed by atoms with Crippen molar-refractivity contribution in [3.05, 3.63) is 0 Å². The maximum absolute atomic E-state index is 13.7. The highest BCUT2D eigenvalue weighted by atomic mass is 32.2. The summed E-state index contributed by atoms with van der Waals surface area (Å²) in [4.78, 5) is 25.6. The van der Waals surface area contributed by atoms with Gasteiger partial charge in [-0.2, -0.15) is 30.4 Å². The van der Waals surface area contributed by atoms with Crippen LogP contribution in [0.15, 0.2) is 0 Å². The number of ether oxygens (including phenoxy) is 2. The molecule has 1 rings (SSSR count). The highest BCUT2D eigenvalue weighted by Gasteiger charge is 2.66. The number of alkyl halides is 5. The second-order valence-electron chi connectivity index (χ2n) is 12.3. The zero-order valence-corrected chi connectivity index (χ0v) is 22.7. The van der Waals surface area contributed by atoms with Crippen LogP contribution in [0.3, 0.4) is 0 Å². The fourth-order valence-corrected chi connectivity index (χ4v) is 4.73. The van der Waals surface area contributed by atoms with E-state index in [1.807, 2.05) is 41.5 Å². The van der Waals surface area contributed by atoms with Crippen molar-refractivity contribution in [2.24, 2.45) is 22.2 Å². The van der Waals surface area contributed by atoms with E-state index in [0.717, 1.165) is 0 Å². The van der Waals surface area contributed by atoms with Gasteiger partial charge in [-0.05, 0) is 56.8 Å². The van der Waals surface area contributed by atoms with Crippen molar-refractivity contribution in [1.29, 1.82) is 0 Å². The monoisotopic (exact) mass is 552 g/mol. The van der Waals surface area contributed by atoms with E-state index in [1.54, 1.807) is 13.8 Å². The molecule has 1 fully saturated rings. The van der Waals surface area contributed by atoms with Gasteiger partial charge in [0, 0.05) is 0 Å². The predicted octanol–water partition coefficient (Wildman–Crippen LogP) is 5.92. The Kier molecular flexibility index (Phi) is 9.03. The third-order valence-corrected chi connectivity index (χ3v) is 7.79. The quantitative estimate of drug-likeness (QED) is 0.237. The van der Waals surface area contributed by atoms with E-state index in [2.05, 4.69) is 4.74 Å². The second-order valence-corrected chi connectivity index (χ2v) is 13.8. The molecule has 0 aromatic carbocycles. The fourth-order valence-electron chi connectivity index (χ4n) is 4.28. The molecule has 0 aliphatic heterocycles. The number of halogens is 5. The van der Waals surface area contributed by atoms with Crippen molar-refractivity contribution in [3.63, 3.8) is 0 Å². The molecule has 212 valence electrons. The predicted molar refractivity (Wildman–Crippen MR) is 121 cm³/mol. The Morgan fingerprint density at radius 2 is 1.42 bits per heavy atom. The minimum Gasteiger partial charge on any atom is -0.459 e. The first-order valence-electron chi connectivity index (χ1n) is 11.5. The molecule has 1 aliphatic rings. The summed E-state index contributed by atoms with van der Waals surface area (Å²) in [6.07, 6.45) is -10.0. The first kappa shape index (κ1) is 32.5. The van der Waals surface area contributed by atoms with Gasteiger partial charge in [0.2, 0.25) is 0 Å². The molecule has 0 spiro atoms. The number of carbonyl (C=O) groups excluding carboxylic acids is 2. The molecule has 1 aliphatic carbocycles. The average molecular weight is 553 g/mol. The minimum absolute atomic E-state index is 0.0413. The molecule has 13 heteroatoms. The summed E-state index contributed by atoms with van der Waals surface area (Å²) < 4.78 is 107. The highest BCUT2D eigenvalue weighted by molar-refractivity contribution is 7.86. The van der Waals surface area contributed by atoms with Crippen molar-refractivity contribution < 1.29 is 54.0 Å². The van der Waals surface area contributed by atoms with E-state index in [9.17, 15) is 40.0 Å². The summed E-state index contributed by atoms with van der Waals surface area (Å²) in [5.41, 5.74) is -2.62. The van der Waals surface area contributed by atoms with Gasteiger partial charge in [0.05, 0.1) is 11.3 Å². The van der Waals surface area contributed by atoms with Gasteiger partial charge in [-0.3, -0.25) is 14.1 Å². The largest absolute Gasteiger partial charge is 0.459 e.